The summed E-state index contributed by atoms with van der Waals surface area (Å²) in [6, 6.07) is 58.2. The van der Waals surface area contributed by atoms with Gasteiger partial charge in [0.25, 0.3) is 0 Å². The number of nitrogens with zero attached hydrogens (tertiary/aromatic N) is 4. The topological polar surface area (TPSA) is 31.2 Å². The lowest BCUT2D eigenvalue weighted by Crippen LogP contribution is -2.30. The highest BCUT2D eigenvalue weighted by atomic mass is 32.1. The molecule has 4 nitrogen and oxygen atoms in total. The maximum absolute atomic E-state index is 5.20. The zero-order valence-corrected chi connectivity index (χ0v) is 36.2. The quantitative estimate of drug-likeness (QED) is 0.157. The van der Waals surface area contributed by atoms with Crippen LogP contribution in [0.15, 0.2) is 192 Å². The van der Waals surface area contributed by atoms with Gasteiger partial charge < -0.3 is 9.80 Å². The first-order chi connectivity index (χ1) is 30.2. The van der Waals surface area contributed by atoms with Crippen LogP contribution in [0.2, 0.25) is 0 Å². The minimum absolute atomic E-state index is 0.117. The molecule has 0 atom stereocenters. The second kappa shape index (κ2) is 14.5. The van der Waals surface area contributed by atoms with E-state index in [4.69, 9.17) is 4.99 Å². The van der Waals surface area contributed by atoms with Crippen molar-refractivity contribution in [1.82, 2.24) is 0 Å². The number of hydrogen-bond donors (Lipinski definition) is 0. The third-order valence-corrected chi connectivity index (χ3v) is 14.3. The first-order valence-electron chi connectivity index (χ1n) is 21.4. The van der Waals surface area contributed by atoms with E-state index in [-0.39, 0.29) is 10.8 Å². The highest BCUT2D eigenvalue weighted by Crippen LogP contribution is 2.54. The third-order valence-electron chi connectivity index (χ3n) is 13.2. The van der Waals surface area contributed by atoms with E-state index in [9.17, 15) is 0 Å². The molecule has 0 N–H and O–H groups in total. The van der Waals surface area contributed by atoms with E-state index in [1.807, 2.05) is 0 Å². The second-order valence-corrected chi connectivity index (χ2v) is 18.5. The van der Waals surface area contributed by atoms with Crippen molar-refractivity contribution in [2.24, 2.45) is 9.98 Å². The Balaban J connectivity index is 1.06. The Kier molecular flexibility index (Phi) is 8.88. The van der Waals surface area contributed by atoms with Crippen LogP contribution in [-0.2, 0) is 10.8 Å². The monoisotopic (exact) mass is 818 g/mol. The lowest BCUT2D eigenvalue weighted by Gasteiger charge is -2.42. The van der Waals surface area contributed by atoms with Gasteiger partial charge in [-0.05, 0) is 118 Å². The van der Waals surface area contributed by atoms with Crippen molar-refractivity contribution in [1.29, 1.82) is 0 Å². The lowest BCUT2D eigenvalue weighted by molar-refractivity contribution is 0.632. The molecule has 0 unspecified atom stereocenters. The molecule has 0 saturated heterocycles. The van der Waals surface area contributed by atoms with E-state index in [0.717, 1.165) is 66.5 Å². The van der Waals surface area contributed by atoms with Crippen LogP contribution >= 0.6 is 11.3 Å². The van der Waals surface area contributed by atoms with Gasteiger partial charge in [-0.3, -0.25) is 4.99 Å². The van der Waals surface area contributed by atoms with Crippen LogP contribution in [0.25, 0.3) is 32.3 Å². The van der Waals surface area contributed by atoms with E-state index in [0.29, 0.717) is 0 Å². The van der Waals surface area contributed by atoms with Gasteiger partial charge in [0.2, 0.25) is 0 Å². The fourth-order valence-corrected chi connectivity index (χ4v) is 11.0. The SMILES string of the molecule is C=Nc1sc2cc(-c3ccc(N4c5ccccc5C(C)(C)c5ccccc54)cc3)c(-c3ccc(N4c5ccccc5C(C)(C)c5ccccc54)cc3)cc2c1/N=C1/C=CC=CC1. The number of hydrogen-bond acceptors (Lipinski definition) is 5. The lowest BCUT2D eigenvalue weighted by atomic mass is 9.73. The molecule has 8 aromatic rings. The molecule has 3 heterocycles. The summed E-state index contributed by atoms with van der Waals surface area (Å²) >= 11 is 1.65. The van der Waals surface area contributed by atoms with Crippen LogP contribution < -0.4 is 9.80 Å². The average molecular weight is 819 g/mol. The molecule has 0 radical (unpaired) electrons. The van der Waals surface area contributed by atoms with Gasteiger partial charge in [-0.2, -0.15) is 0 Å². The molecule has 2 aliphatic heterocycles. The normalized spacial score (nSPS) is 16.2. The summed E-state index contributed by atoms with van der Waals surface area (Å²) in [5.41, 5.74) is 18.6. The summed E-state index contributed by atoms with van der Waals surface area (Å²) in [7, 11) is 0. The number of benzene rings is 7. The predicted octanol–water partition coefficient (Wildman–Crippen LogP) is 16.4. The maximum Gasteiger partial charge on any atom is 0.142 e. The molecule has 0 saturated carbocycles. The number of rotatable bonds is 6. The smallest absolute Gasteiger partial charge is 0.142 e. The van der Waals surface area contributed by atoms with E-state index < -0.39 is 0 Å². The number of fused-ring (bicyclic) bond motifs is 5. The average Bonchev–Trinajstić information content (AvgIpc) is 3.65. The van der Waals surface area contributed by atoms with Crippen LogP contribution in [0.1, 0.15) is 56.4 Å². The highest BCUT2D eigenvalue weighted by molar-refractivity contribution is 7.23. The summed E-state index contributed by atoms with van der Waals surface area (Å²) in [5, 5.41) is 1.91. The van der Waals surface area contributed by atoms with Crippen molar-refractivity contribution in [2.45, 2.75) is 44.9 Å². The van der Waals surface area contributed by atoms with Gasteiger partial charge in [-0.15, -0.1) is 11.3 Å². The van der Waals surface area contributed by atoms with Crippen molar-refractivity contribution in [3.63, 3.8) is 0 Å². The summed E-state index contributed by atoms with van der Waals surface area (Å²) in [5.74, 6) is 0. The van der Waals surface area contributed by atoms with E-state index in [1.165, 1.54) is 45.0 Å². The number of anilines is 6. The molecule has 1 aliphatic carbocycles. The van der Waals surface area contributed by atoms with Crippen LogP contribution in [0.4, 0.5) is 44.8 Å². The van der Waals surface area contributed by atoms with Crippen molar-refractivity contribution in [2.75, 3.05) is 9.80 Å². The van der Waals surface area contributed by atoms with E-state index in [1.54, 1.807) is 11.3 Å². The first kappa shape index (κ1) is 37.9. The fraction of sp³-hybridized carbons (Fsp3) is 0.123. The van der Waals surface area contributed by atoms with Gasteiger partial charge in [0.1, 0.15) is 10.7 Å². The van der Waals surface area contributed by atoms with Gasteiger partial charge in [0.15, 0.2) is 0 Å². The Morgan fingerprint density at radius 1 is 0.532 bits per heavy atom. The number of thiophene rings is 1. The molecule has 5 heteroatoms. The predicted molar refractivity (Wildman–Crippen MR) is 266 cm³/mol. The summed E-state index contributed by atoms with van der Waals surface area (Å²) < 4.78 is 1.13. The molecule has 1 aromatic heterocycles. The van der Waals surface area contributed by atoms with Crippen molar-refractivity contribution in [3.8, 4) is 22.3 Å². The highest BCUT2D eigenvalue weighted by Gasteiger charge is 2.38. The Hall–Kier alpha value is -7.08. The molecule has 300 valence electrons. The summed E-state index contributed by atoms with van der Waals surface area (Å²) in [6.07, 6.45) is 9.14. The molecule has 7 aromatic carbocycles. The molecule has 0 bridgehead atoms. The minimum atomic E-state index is -0.120. The molecule has 3 aliphatic rings. The fourth-order valence-electron chi connectivity index (χ4n) is 10.0. The van der Waals surface area contributed by atoms with Gasteiger partial charge in [0, 0.05) is 44.4 Å². The summed E-state index contributed by atoms with van der Waals surface area (Å²) in [4.78, 5) is 14.5. The number of aliphatic imine (C=N–C) groups is 2. The Morgan fingerprint density at radius 2 is 0.968 bits per heavy atom. The second-order valence-electron chi connectivity index (χ2n) is 17.5. The largest absolute Gasteiger partial charge is 0.310 e. The molecule has 0 fully saturated rings. The molecule has 62 heavy (non-hydrogen) atoms. The van der Waals surface area contributed by atoms with Crippen LogP contribution in [0, 0.1) is 0 Å². The van der Waals surface area contributed by atoms with Gasteiger partial charge in [-0.25, -0.2) is 4.99 Å². The molecule has 0 amide bonds. The zero-order chi connectivity index (χ0) is 42.2. The van der Waals surface area contributed by atoms with E-state index in [2.05, 4.69) is 231 Å². The van der Waals surface area contributed by atoms with Crippen LogP contribution in [0.5, 0.6) is 0 Å². The Morgan fingerprint density at radius 3 is 1.39 bits per heavy atom. The van der Waals surface area contributed by atoms with Crippen molar-refractivity contribution in [3.05, 3.63) is 204 Å². The Bertz CT molecular complexity index is 3080. The number of para-hydroxylation sites is 4. The standard InChI is InChI=1S/C57H46N4S/c1-56(2)45-19-9-13-23-49(45)60(50-24-14-10-20-46(50)56)40-31-27-37(28-32-40)42-35-44-53(62-55(58-5)54(44)59-39-17-7-6-8-18-39)36-43(42)38-29-33-41(34-30-38)61-51-25-15-11-21-47(51)57(3,4)48-22-12-16-26-52(48)61/h6-17,19-36H,5,18H2,1-4H3/b59-39-. The zero-order valence-electron chi connectivity index (χ0n) is 35.4. The molecule has 11 rings (SSSR count). The first-order valence-corrected chi connectivity index (χ1v) is 22.2. The van der Waals surface area contributed by atoms with Gasteiger partial charge in [0.05, 0.1) is 22.7 Å². The van der Waals surface area contributed by atoms with Crippen LogP contribution in [0.3, 0.4) is 0 Å². The van der Waals surface area contributed by atoms with Gasteiger partial charge >= 0.3 is 0 Å². The summed E-state index contributed by atoms with van der Waals surface area (Å²) in [6.45, 7) is 13.3. The minimum Gasteiger partial charge on any atom is -0.310 e. The maximum atomic E-state index is 5.20. The molecule has 0 spiro atoms. The third kappa shape index (κ3) is 5.94. The Labute approximate surface area is 368 Å². The number of allylic oxidation sites excluding steroid dienone is 4. The van der Waals surface area contributed by atoms with Crippen molar-refractivity contribution < 1.29 is 0 Å². The molecular weight excluding hydrogens is 773 g/mol. The van der Waals surface area contributed by atoms with Crippen molar-refractivity contribution >= 4 is 78.7 Å². The van der Waals surface area contributed by atoms with Crippen LogP contribution in [-0.4, -0.2) is 12.4 Å². The van der Waals surface area contributed by atoms with E-state index >= 15 is 0 Å². The van der Waals surface area contributed by atoms with Gasteiger partial charge in [-0.1, -0.05) is 143 Å². The molecular formula is C57H46N4S.